The molecule has 148 valence electrons. The highest BCUT2D eigenvalue weighted by Gasteiger charge is 2.32. The van der Waals surface area contributed by atoms with Gasteiger partial charge in [-0.05, 0) is 46.1 Å². The molecule has 0 saturated carbocycles. The van der Waals surface area contributed by atoms with Gasteiger partial charge in [0.25, 0.3) is 0 Å². The molecule has 0 unspecified atom stereocenters. The van der Waals surface area contributed by atoms with Crippen LogP contribution in [0, 0.1) is 12.8 Å². The van der Waals surface area contributed by atoms with Crippen molar-refractivity contribution in [2.75, 3.05) is 37.7 Å². The van der Waals surface area contributed by atoms with Gasteiger partial charge in [-0.3, -0.25) is 9.69 Å². The normalized spacial score (nSPS) is 22.5. The van der Waals surface area contributed by atoms with Crippen LogP contribution in [-0.4, -0.2) is 64.5 Å². The Morgan fingerprint density at radius 2 is 2.04 bits per heavy atom. The topological polar surface area (TPSA) is 63.5 Å². The number of hydrogen-bond acceptors (Lipinski definition) is 7. The number of esters is 1. The fourth-order valence-electron chi connectivity index (χ4n) is 4.42. The molecular weight excluding hydrogens is 362 g/mol. The van der Waals surface area contributed by atoms with Crippen molar-refractivity contribution in [2.45, 2.75) is 45.6 Å². The quantitative estimate of drug-likeness (QED) is 0.747. The second kappa shape index (κ2) is 7.75. The first-order valence-electron chi connectivity index (χ1n) is 10.0. The number of aryl methyl sites for hydroxylation is 2. The van der Waals surface area contributed by atoms with Crippen LogP contribution in [0.4, 0.5) is 5.13 Å². The second-order valence-corrected chi connectivity index (χ2v) is 8.64. The van der Waals surface area contributed by atoms with Crippen LogP contribution in [0.2, 0.25) is 0 Å². The summed E-state index contributed by atoms with van der Waals surface area (Å²) in [6, 6.07) is 0.566. The minimum atomic E-state index is -0.0157. The van der Waals surface area contributed by atoms with Gasteiger partial charge in [0.15, 0.2) is 10.8 Å². The molecule has 0 N–H and O–H groups in total. The highest BCUT2D eigenvalue weighted by molar-refractivity contribution is 7.22. The summed E-state index contributed by atoms with van der Waals surface area (Å²) in [5.41, 5.74) is 2.05. The number of anilines is 1. The molecule has 4 heterocycles. The molecule has 0 aromatic carbocycles. The average molecular weight is 392 g/mol. The van der Waals surface area contributed by atoms with Gasteiger partial charge in [0.1, 0.15) is 0 Å². The van der Waals surface area contributed by atoms with Crippen molar-refractivity contribution in [1.29, 1.82) is 0 Å². The van der Waals surface area contributed by atoms with Gasteiger partial charge < -0.3 is 9.64 Å². The lowest BCUT2D eigenvalue weighted by Crippen LogP contribution is -2.49. The van der Waals surface area contributed by atoms with E-state index in [9.17, 15) is 4.79 Å². The molecule has 0 spiro atoms. The molecule has 2 aliphatic heterocycles. The van der Waals surface area contributed by atoms with E-state index in [1.807, 2.05) is 25.6 Å². The largest absolute Gasteiger partial charge is 0.466 e. The van der Waals surface area contributed by atoms with E-state index in [4.69, 9.17) is 9.72 Å². The Labute approximate surface area is 164 Å². The van der Waals surface area contributed by atoms with Gasteiger partial charge in [-0.1, -0.05) is 11.3 Å². The summed E-state index contributed by atoms with van der Waals surface area (Å²) in [5.74, 6) is 0.0366. The zero-order valence-electron chi connectivity index (χ0n) is 16.5. The number of carbonyl (C=O) groups is 1. The fourth-order valence-corrected chi connectivity index (χ4v) is 5.51. The van der Waals surface area contributed by atoms with Crippen molar-refractivity contribution < 1.29 is 9.53 Å². The van der Waals surface area contributed by atoms with Crippen molar-refractivity contribution in [3.8, 4) is 0 Å². The van der Waals surface area contributed by atoms with Crippen LogP contribution in [0.3, 0.4) is 0 Å². The number of ether oxygens (including phenoxy) is 1. The lowest BCUT2D eigenvalue weighted by Gasteiger charge is -2.41. The number of hydrogen-bond donors (Lipinski definition) is 0. The Kier molecular flexibility index (Phi) is 5.36. The molecule has 0 amide bonds. The number of aromatic nitrogens is 3. The summed E-state index contributed by atoms with van der Waals surface area (Å²) >= 11 is 1.75. The average Bonchev–Trinajstić information content (AvgIpc) is 3.24. The molecular formula is C19H29N5O2S. The molecule has 0 bridgehead atoms. The minimum Gasteiger partial charge on any atom is -0.466 e. The molecule has 2 aliphatic rings. The maximum absolute atomic E-state index is 12.1. The number of rotatable bonds is 4. The van der Waals surface area contributed by atoms with Crippen molar-refractivity contribution in [2.24, 2.45) is 13.0 Å². The van der Waals surface area contributed by atoms with Crippen LogP contribution in [0.25, 0.3) is 10.3 Å². The van der Waals surface area contributed by atoms with Crippen LogP contribution in [0.5, 0.6) is 0 Å². The Balaban J connectivity index is 1.36. The number of nitrogens with zero attached hydrogens (tertiary/aromatic N) is 5. The molecule has 0 aliphatic carbocycles. The van der Waals surface area contributed by atoms with Crippen molar-refractivity contribution >= 4 is 32.8 Å². The predicted molar refractivity (Wildman–Crippen MR) is 107 cm³/mol. The van der Waals surface area contributed by atoms with E-state index >= 15 is 0 Å². The third-order valence-corrected chi connectivity index (χ3v) is 7.07. The molecule has 4 rings (SSSR count). The number of likely N-dealkylation sites (tertiary alicyclic amines) is 1. The lowest BCUT2D eigenvalue weighted by molar-refractivity contribution is -0.150. The molecule has 7 nitrogen and oxygen atoms in total. The Morgan fingerprint density at radius 1 is 1.26 bits per heavy atom. The van der Waals surface area contributed by atoms with Crippen molar-refractivity contribution in [3.05, 3.63) is 5.69 Å². The Hall–Kier alpha value is -1.67. The van der Waals surface area contributed by atoms with Crippen LogP contribution < -0.4 is 4.90 Å². The second-order valence-electron chi connectivity index (χ2n) is 7.66. The molecule has 2 aromatic heterocycles. The predicted octanol–water partition coefficient (Wildman–Crippen LogP) is 2.58. The standard InChI is InChI=1S/C19H29N5O2S/c1-4-26-18(25)14-6-5-9-24(12-14)15-7-10-23(11-8-15)19-20-17-16(27-19)13(2)21-22(17)3/h14-15H,4-12H2,1-3H3/t14-/m1/s1. The van der Waals surface area contributed by atoms with E-state index in [0.717, 1.165) is 68.3 Å². The maximum atomic E-state index is 12.1. The van der Waals surface area contributed by atoms with Gasteiger partial charge >= 0.3 is 5.97 Å². The van der Waals surface area contributed by atoms with Gasteiger partial charge in [-0.2, -0.15) is 5.10 Å². The lowest BCUT2D eigenvalue weighted by atomic mass is 9.94. The third kappa shape index (κ3) is 3.69. The van der Waals surface area contributed by atoms with Gasteiger partial charge in [0.2, 0.25) is 0 Å². The molecule has 27 heavy (non-hydrogen) atoms. The Morgan fingerprint density at radius 3 is 2.74 bits per heavy atom. The first kappa shape index (κ1) is 18.7. The summed E-state index contributed by atoms with van der Waals surface area (Å²) in [6.07, 6.45) is 4.31. The van der Waals surface area contributed by atoms with E-state index in [2.05, 4.69) is 14.9 Å². The van der Waals surface area contributed by atoms with Crippen LogP contribution in [-0.2, 0) is 16.6 Å². The maximum Gasteiger partial charge on any atom is 0.310 e. The van der Waals surface area contributed by atoms with Crippen LogP contribution in [0.1, 0.15) is 38.3 Å². The Bertz CT molecular complexity index is 774. The highest BCUT2D eigenvalue weighted by atomic mass is 32.1. The third-order valence-electron chi connectivity index (χ3n) is 5.86. The SMILES string of the molecule is CCOC(=O)[C@@H]1CCCN(C2CCN(c3nc4c(s3)c(C)nn4C)CC2)C1. The molecule has 2 saturated heterocycles. The highest BCUT2D eigenvalue weighted by Crippen LogP contribution is 2.33. The first-order chi connectivity index (χ1) is 13.1. The number of carbonyl (C=O) groups excluding carboxylic acids is 1. The molecule has 2 fully saturated rings. The van der Waals surface area contributed by atoms with E-state index in [1.54, 1.807) is 11.3 Å². The van der Waals surface area contributed by atoms with E-state index in [-0.39, 0.29) is 11.9 Å². The number of fused-ring (bicyclic) bond motifs is 1. The zero-order valence-corrected chi connectivity index (χ0v) is 17.3. The molecule has 0 radical (unpaired) electrons. The summed E-state index contributed by atoms with van der Waals surface area (Å²) < 4.78 is 8.32. The van der Waals surface area contributed by atoms with E-state index in [0.29, 0.717) is 12.6 Å². The summed E-state index contributed by atoms with van der Waals surface area (Å²) in [4.78, 5) is 21.9. The molecule has 2 aromatic rings. The van der Waals surface area contributed by atoms with Gasteiger partial charge in [-0.15, -0.1) is 0 Å². The number of thiazole rings is 1. The zero-order chi connectivity index (χ0) is 19.0. The first-order valence-corrected chi connectivity index (χ1v) is 10.8. The van der Waals surface area contributed by atoms with E-state index in [1.165, 1.54) is 4.70 Å². The minimum absolute atomic E-state index is 0.0157. The summed E-state index contributed by atoms with van der Waals surface area (Å²) in [6.45, 7) is 8.42. The van der Waals surface area contributed by atoms with Gasteiger partial charge in [0.05, 0.1) is 22.9 Å². The van der Waals surface area contributed by atoms with Gasteiger partial charge in [-0.25, -0.2) is 9.67 Å². The summed E-state index contributed by atoms with van der Waals surface area (Å²) in [5, 5.41) is 5.56. The van der Waals surface area contributed by atoms with Crippen LogP contribution in [0.15, 0.2) is 0 Å². The number of piperidine rings is 2. The summed E-state index contributed by atoms with van der Waals surface area (Å²) in [7, 11) is 1.96. The smallest absolute Gasteiger partial charge is 0.310 e. The van der Waals surface area contributed by atoms with E-state index < -0.39 is 0 Å². The molecule has 8 heteroatoms. The monoisotopic (exact) mass is 391 g/mol. The molecule has 1 atom stereocenters. The van der Waals surface area contributed by atoms with Crippen molar-refractivity contribution in [1.82, 2.24) is 19.7 Å². The van der Waals surface area contributed by atoms with Crippen molar-refractivity contribution in [3.63, 3.8) is 0 Å². The van der Waals surface area contributed by atoms with Crippen LogP contribution >= 0.6 is 11.3 Å². The van der Waals surface area contributed by atoms with Gasteiger partial charge in [0, 0.05) is 32.7 Å². The fraction of sp³-hybridized carbons (Fsp3) is 0.737.